The van der Waals surface area contributed by atoms with Gasteiger partial charge in [0.15, 0.2) is 11.5 Å². The number of rotatable bonds is 2. The van der Waals surface area contributed by atoms with Gasteiger partial charge in [0.25, 0.3) is 5.91 Å². The van der Waals surface area contributed by atoms with E-state index in [0.29, 0.717) is 23.8 Å². The molecule has 0 aliphatic carbocycles. The van der Waals surface area contributed by atoms with Gasteiger partial charge in [0.1, 0.15) is 11.3 Å². The maximum Gasteiger partial charge on any atom is 0.259 e. The molecule has 1 amide bonds. The van der Waals surface area contributed by atoms with E-state index in [1.165, 1.54) is 11.8 Å². The first-order valence-electron chi connectivity index (χ1n) is 7.32. The largest absolute Gasteiger partial charge is 0.454 e. The second-order valence-electron chi connectivity index (χ2n) is 5.65. The van der Waals surface area contributed by atoms with E-state index in [0.717, 1.165) is 24.5 Å². The van der Waals surface area contributed by atoms with Crippen molar-refractivity contribution in [3.8, 4) is 11.5 Å². The summed E-state index contributed by atoms with van der Waals surface area (Å²) in [6, 6.07) is 6.01. The van der Waals surface area contributed by atoms with Crippen molar-refractivity contribution < 1.29 is 18.8 Å². The van der Waals surface area contributed by atoms with Crippen molar-refractivity contribution in [2.45, 2.75) is 19.3 Å². The fourth-order valence-corrected chi connectivity index (χ4v) is 3.06. The first-order valence-corrected chi connectivity index (χ1v) is 7.32. The summed E-state index contributed by atoms with van der Waals surface area (Å²) in [6.45, 7) is 3.47. The van der Waals surface area contributed by atoms with Gasteiger partial charge in [-0.3, -0.25) is 4.79 Å². The Kier molecular flexibility index (Phi) is 3.03. The number of aromatic nitrogens is 1. The molecule has 0 saturated carbocycles. The van der Waals surface area contributed by atoms with E-state index in [-0.39, 0.29) is 12.7 Å². The molecule has 0 spiro atoms. The zero-order chi connectivity index (χ0) is 15.1. The molecule has 1 atom stereocenters. The van der Waals surface area contributed by atoms with Crippen LogP contribution < -0.4 is 9.47 Å². The van der Waals surface area contributed by atoms with E-state index in [2.05, 4.69) is 11.2 Å². The molecule has 2 aliphatic rings. The van der Waals surface area contributed by atoms with Crippen LogP contribution >= 0.6 is 0 Å². The molecule has 6 nitrogen and oxygen atoms in total. The lowest BCUT2D eigenvalue weighted by Crippen LogP contribution is -2.28. The normalized spacial score (nSPS) is 19.7. The highest BCUT2D eigenvalue weighted by molar-refractivity contribution is 5.95. The molecule has 22 heavy (non-hydrogen) atoms. The van der Waals surface area contributed by atoms with Crippen molar-refractivity contribution in [3.05, 3.63) is 41.3 Å². The summed E-state index contributed by atoms with van der Waals surface area (Å²) >= 11 is 0. The topological polar surface area (TPSA) is 64.8 Å². The minimum absolute atomic E-state index is 0.0120. The number of ether oxygens (including phenoxy) is 2. The van der Waals surface area contributed by atoms with Crippen molar-refractivity contribution in [2.75, 3.05) is 19.9 Å². The standard InChI is InChI=1S/C16H16N2O4/c1-10-13(7-17-22-10)16(19)18-5-4-12(8-18)11-2-3-14-15(6-11)21-9-20-14/h2-3,6-7,12H,4-5,8-9H2,1H3/t12-/m1/s1. The third-order valence-electron chi connectivity index (χ3n) is 4.32. The monoisotopic (exact) mass is 300 g/mol. The quantitative estimate of drug-likeness (QED) is 0.851. The molecule has 4 rings (SSSR count). The lowest BCUT2D eigenvalue weighted by molar-refractivity contribution is 0.0789. The number of aryl methyl sites for hydroxylation is 1. The number of hydrogen-bond donors (Lipinski definition) is 0. The smallest absolute Gasteiger partial charge is 0.259 e. The van der Waals surface area contributed by atoms with Gasteiger partial charge in [-0.15, -0.1) is 0 Å². The Hall–Kier alpha value is -2.50. The lowest BCUT2D eigenvalue weighted by atomic mass is 9.98. The summed E-state index contributed by atoms with van der Waals surface area (Å²) in [5.74, 6) is 2.45. The fraction of sp³-hybridized carbons (Fsp3) is 0.375. The summed E-state index contributed by atoms with van der Waals surface area (Å²) in [5, 5.41) is 3.68. The summed E-state index contributed by atoms with van der Waals surface area (Å²) < 4.78 is 15.7. The van der Waals surface area contributed by atoms with E-state index in [1.54, 1.807) is 6.92 Å². The van der Waals surface area contributed by atoms with Gasteiger partial charge >= 0.3 is 0 Å². The number of nitrogens with zero attached hydrogens (tertiary/aromatic N) is 2. The second-order valence-corrected chi connectivity index (χ2v) is 5.65. The van der Waals surface area contributed by atoms with Gasteiger partial charge in [-0.25, -0.2) is 0 Å². The third-order valence-corrected chi connectivity index (χ3v) is 4.32. The molecule has 0 bridgehead atoms. The molecule has 2 aromatic rings. The van der Waals surface area contributed by atoms with Gasteiger partial charge in [0, 0.05) is 19.0 Å². The van der Waals surface area contributed by atoms with Crippen LogP contribution in [0.4, 0.5) is 0 Å². The molecule has 0 radical (unpaired) electrons. The summed E-state index contributed by atoms with van der Waals surface area (Å²) in [5.41, 5.74) is 1.73. The summed E-state index contributed by atoms with van der Waals surface area (Å²) in [6.07, 6.45) is 2.43. The summed E-state index contributed by atoms with van der Waals surface area (Å²) in [7, 11) is 0. The Labute approximate surface area is 127 Å². The average molecular weight is 300 g/mol. The molecule has 1 aromatic heterocycles. The Morgan fingerprint density at radius 1 is 1.32 bits per heavy atom. The van der Waals surface area contributed by atoms with Crippen LogP contribution in [-0.4, -0.2) is 35.8 Å². The SMILES string of the molecule is Cc1oncc1C(=O)N1CC[C@@H](c2ccc3c(c2)OCO3)C1. The number of amides is 1. The van der Waals surface area contributed by atoms with Crippen molar-refractivity contribution in [1.82, 2.24) is 10.1 Å². The van der Waals surface area contributed by atoms with E-state index >= 15 is 0 Å². The van der Waals surface area contributed by atoms with Gasteiger partial charge in [-0.2, -0.15) is 0 Å². The minimum Gasteiger partial charge on any atom is -0.454 e. The first kappa shape index (κ1) is 13.2. The van der Waals surface area contributed by atoms with Crippen LogP contribution in [0.5, 0.6) is 11.5 Å². The number of benzene rings is 1. The molecular weight excluding hydrogens is 284 g/mol. The van der Waals surface area contributed by atoms with Crippen molar-refractivity contribution in [1.29, 1.82) is 0 Å². The molecule has 114 valence electrons. The molecule has 6 heteroatoms. The first-order chi connectivity index (χ1) is 10.7. The Morgan fingerprint density at radius 3 is 3.00 bits per heavy atom. The van der Waals surface area contributed by atoms with Gasteiger partial charge in [0.05, 0.1) is 6.20 Å². The molecule has 1 aromatic carbocycles. The minimum atomic E-state index is -0.0120. The van der Waals surface area contributed by atoms with E-state index in [1.807, 2.05) is 17.0 Å². The zero-order valence-electron chi connectivity index (χ0n) is 12.2. The maximum absolute atomic E-state index is 12.5. The maximum atomic E-state index is 12.5. The zero-order valence-corrected chi connectivity index (χ0v) is 12.2. The average Bonchev–Trinajstić information content (AvgIpc) is 3.26. The van der Waals surface area contributed by atoms with Crippen LogP contribution in [0.1, 0.15) is 34.0 Å². The van der Waals surface area contributed by atoms with Crippen LogP contribution in [0.3, 0.4) is 0 Å². The number of fused-ring (bicyclic) bond motifs is 1. The second kappa shape index (κ2) is 5.05. The van der Waals surface area contributed by atoms with Gasteiger partial charge in [-0.05, 0) is 31.0 Å². The molecule has 2 aliphatic heterocycles. The van der Waals surface area contributed by atoms with Crippen molar-refractivity contribution >= 4 is 5.91 Å². The highest BCUT2D eigenvalue weighted by Gasteiger charge is 2.30. The van der Waals surface area contributed by atoms with Gasteiger partial charge in [0.2, 0.25) is 6.79 Å². The molecule has 1 saturated heterocycles. The molecule has 1 fully saturated rings. The Bertz CT molecular complexity index is 725. The van der Waals surface area contributed by atoms with Crippen LogP contribution in [0, 0.1) is 6.92 Å². The molecule has 0 N–H and O–H groups in total. The predicted octanol–water partition coefficient (Wildman–Crippen LogP) is 2.34. The van der Waals surface area contributed by atoms with E-state index in [9.17, 15) is 4.79 Å². The van der Waals surface area contributed by atoms with Crippen molar-refractivity contribution in [2.24, 2.45) is 0 Å². The van der Waals surface area contributed by atoms with Gasteiger partial charge in [-0.1, -0.05) is 11.2 Å². The highest BCUT2D eigenvalue weighted by Crippen LogP contribution is 2.37. The third kappa shape index (κ3) is 2.11. The van der Waals surface area contributed by atoms with Gasteiger partial charge < -0.3 is 18.9 Å². The number of hydrogen-bond acceptors (Lipinski definition) is 5. The van der Waals surface area contributed by atoms with Crippen LogP contribution in [0.2, 0.25) is 0 Å². The lowest BCUT2D eigenvalue weighted by Gasteiger charge is -2.16. The number of likely N-dealkylation sites (tertiary alicyclic amines) is 1. The van der Waals surface area contributed by atoms with Crippen LogP contribution in [-0.2, 0) is 0 Å². The van der Waals surface area contributed by atoms with Crippen molar-refractivity contribution in [3.63, 3.8) is 0 Å². The highest BCUT2D eigenvalue weighted by atomic mass is 16.7. The number of carbonyl (C=O) groups excluding carboxylic acids is 1. The number of carbonyl (C=O) groups is 1. The Balaban J connectivity index is 1.51. The van der Waals surface area contributed by atoms with E-state index < -0.39 is 0 Å². The molecule has 3 heterocycles. The van der Waals surface area contributed by atoms with Crippen LogP contribution in [0.15, 0.2) is 28.9 Å². The fourth-order valence-electron chi connectivity index (χ4n) is 3.06. The predicted molar refractivity (Wildman–Crippen MR) is 77.1 cm³/mol. The summed E-state index contributed by atoms with van der Waals surface area (Å²) in [4.78, 5) is 14.3. The molecular formula is C16H16N2O4. The van der Waals surface area contributed by atoms with Crippen LogP contribution in [0.25, 0.3) is 0 Å². The Morgan fingerprint density at radius 2 is 2.18 bits per heavy atom. The van der Waals surface area contributed by atoms with E-state index in [4.69, 9.17) is 14.0 Å². The molecule has 0 unspecified atom stereocenters.